The monoisotopic (exact) mass is 264 g/mol. The number of nitrogens with one attached hydrogen (secondary N) is 1. The fraction of sp³-hybridized carbons (Fsp3) is 0.857. The minimum Gasteiger partial charge on any atom is -0.338 e. The number of likely N-dealkylation sites (N-methyl/N-ethyl adjacent to an activating group) is 1. The molecular weight excluding hydrogens is 240 g/mol. The highest BCUT2D eigenvalue weighted by atomic mass is 16.5. The predicted octanol–water partition coefficient (Wildman–Crippen LogP) is 1.91. The lowest BCUT2D eigenvalue weighted by Gasteiger charge is -2.34. The summed E-state index contributed by atoms with van der Waals surface area (Å²) in [5.74, 6) is 2.30. The molecule has 0 spiro atoms. The van der Waals surface area contributed by atoms with Crippen molar-refractivity contribution in [1.29, 1.82) is 0 Å². The number of aromatic nitrogens is 2. The van der Waals surface area contributed by atoms with Gasteiger partial charge in [0.2, 0.25) is 5.89 Å². The first-order valence-corrected chi connectivity index (χ1v) is 7.64. The van der Waals surface area contributed by atoms with Crippen LogP contribution in [0.4, 0.5) is 0 Å². The highest BCUT2D eigenvalue weighted by Gasteiger charge is 2.30. The molecular formula is C14H24N4O. The van der Waals surface area contributed by atoms with E-state index >= 15 is 0 Å². The predicted molar refractivity (Wildman–Crippen MR) is 72.9 cm³/mol. The van der Waals surface area contributed by atoms with E-state index in [4.69, 9.17) is 4.52 Å². The average Bonchev–Trinajstić information content (AvgIpc) is 3.19. The molecule has 5 heteroatoms. The summed E-state index contributed by atoms with van der Waals surface area (Å²) in [7, 11) is 0. The Hall–Kier alpha value is -0.940. The Labute approximate surface area is 114 Å². The van der Waals surface area contributed by atoms with Crippen LogP contribution < -0.4 is 5.32 Å². The third-order valence-corrected chi connectivity index (χ3v) is 4.14. The molecule has 0 amide bonds. The molecule has 1 aliphatic carbocycles. The molecule has 19 heavy (non-hydrogen) atoms. The van der Waals surface area contributed by atoms with Crippen molar-refractivity contribution in [2.45, 2.75) is 57.5 Å². The largest absolute Gasteiger partial charge is 0.338 e. The lowest BCUT2D eigenvalue weighted by Crippen LogP contribution is -2.45. The van der Waals surface area contributed by atoms with Crippen LogP contribution in [0.5, 0.6) is 0 Å². The number of piperidine rings is 1. The molecule has 0 bridgehead atoms. The Kier molecular flexibility index (Phi) is 4.13. The smallest absolute Gasteiger partial charge is 0.240 e. The van der Waals surface area contributed by atoms with Crippen LogP contribution in [0.25, 0.3) is 0 Å². The van der Waals surface area contributed by atoms with Crippen LogP contribution in [0, 0.1) is 0 Å². The van der Waals surface area contributed by atoms with E-state index in [-0.39, 0.29) is 0 Å². The summed E-state index contributed by atoms with van der Waals surface area (Å²) in [6, 6.07) is 0.616. The Morgan fingerprint density at radius 2 is 2.21 bits per heavy atom. The van der Waals surface area contributed by atoms with Gasteiger partial charge in [0.25, 0.3) is 0 Å². The lowest BCUT2D eigenvalue weighted by molar-refractivity contribution is 0.122. The number of hydrogen-bond donors (Lipinski definition) is 1. The molecule has 1 atom stereocenters. The molecule has 1 unspecified atom stereocenters. The van der Waals surface area contributed by atoms with Gasteiger partial charge in [0.1, 0.15) is 0 Å². The van der Waals surface area contributed by atoms with E-state index in [1.54, 1.807) is 0 Å². The highest BCUT2D eigenvalue weighted by molar-refractivity contribution is 5.03. The lowest BCUT2D eigenvalue weighted by atomic mass is 10.0. The Bertz CT molecular complexity index is 402. The maximum absolute atomic E-state index is 5.40. The van der Waals surface area contributed by atoms with Gasteiger partial charge in [0.05, 0.1) is 6.54 Å². The maximum atomic E-state index is 5.40. The van der Waals surface area contributed by atoms with Gasteiger partial charge in [-0.2, -0.15) is 4.98 Å². The number of nitrogens with zero attached hydrogens (tertiary/aromatic N) is 3. The molecule has 1 aromatic rings. The van der Waals surface area contributed by atoms with Gasteiger partial charge in [-0.3, -0.25) is 4.90 Å². The zero-order chi connectivity index (χ0) is 13.1. The first-order chi connectivity index (χ1) is 9.36. The normalized spacial score (nSPS) is 24.8. The van der Waals surface area contributed by atoms with E-state index < -0.39 is 0 Å². The molecule has 1 aromatic heterocycles. The van der Waals surface area contributed by atoms with E-state index in [0.29, 0.717) is 12.0 Å². The van der Waals surface area contributed by atoms with Crippen molar-refractivity contribution in [2.75, 3.05) is 19.6 Å². The van der Waals surface area contributed by atoms with Crippen LogP contribution in [0.15, 0.2) is 4.52 Å². The van der Waals surface area contributed by atoms with Crippen molar-refractivity contribution < 1.29 is 4.52 Å². The van der Waals surface area contributed by atoms with Crippen molar-refractivity contribution >= 4 is 0 Å². The second-order valence-electron chi connectivity index (χ2n) is 5.75. The number of likely N-dealkylation sites (tertiary alicyclic amines) is 1. The fourth-order valence-electron chi connectivity index (χ4n) is 2.82. The molecule has 1 N–H and O–H groups in total. The van der Waals surface area contributed by atoms with Crippen LogP contribution >= 0.6 is 0 Å². The van der Waals surface area contributed by atoms with Gasteiger partial charge in [0.15, 0.2) is 5.82 Å². The standard InChI is InChI=1S/C14H24N4O/c1-2-15-9-12-5-3-4-8-18(12)10-13-16-14(17-19-13)11-6-7-11/h11-12,15H,2-10H2,1H3. The summed E-state index contributed by atoms with van der Waals surface area (Å²) in [4.78, 5) is 7.04. The van der Waals surface area contributed by atoms with Gasteiger partial charge in [-0.1, -0.05) is 18.5 Å². The van der Waals surface area contributed by atoms with Gasteiger partial charge < -0.3 is 9.84 Å². The second-order valence-corrected chi connectivity index (χ2v) is 5.75. The Morgan fingerprint density at radius 3 is 3.00 bits per heavy atom. The Balaban J connectivity index is 1.58. The quantitative estimate of drug-likeness (QED) is 0.850. The van der Waals surface area contributed by atoms with E-state index in [2.05, 4.69) is 27.3 Å². The summed E-state index contributed by atoms with van der Waals surface area (Å²) < 4.78 is 5.40. The Morgan fingerprint density at radius 1 is 1.32 bits per heavy atom. The van der Waals surface area contributed by atoms with Crippen LogP contribution in [0.2, 0.25) is 0 Å². The minimum absolute atomic E-state index is 0.580. The van der Waals surface area contributed by atoms with E-state index in [0.717, 1.165) is 37.9 Å². The van der Waals surface area contributed by atoms with Crippen LogP contribution in [0.1, 0.15) is 56.7 Å². The van der Waals surface area contributed by atoms with Crippen molar-refractivity contribution in [3.63, 3.8) is 0 Å². The van der Waals surface area contributed by atoms with Crippen molar-refractivity contribution in [3.05, 3.63) is 11.7 Å². The zero-order valence-corrected chi connectivity index (χ0v) is 11.8. The van der Waals surface area contributed by atoms with Gasteiger partial charge >= 0.3 is 0 Å². The van der Waals surface area contributed by atoms with E-state index in [1.807, 2.05) is 0 Å². The van der Waals surface area contributed by atoms with E-state index in [1.165, 1.54) is 32.1 Å². The van der Waals surface area contributed by atoms with Gasteiger partial charge in [-0.25, -0.2) is 0 Å². The molecule has 3 rings (SSSR count). The van der Waals surface area contributed by atoms with E-state index in [9.17, 15) is 0 Å². The molecule has 1 saturated carbocycles. The topological polar surface area (TPSA) is 54.2 Å². The molecule has 1 saturated heterocycles. The fourth-order valence-corrected chi connectivity index (χ4v) is 2.82. The molecule has 106 valence electrons. The third-order valence-electron chi connectivity index (χ3n) is 4.14. The molecule has 2 fully saturated rings. The highest BCUT2D eigenvalue weighted by Crippen LogP contribution is 2.38. The first-order valence-electron chi connectivity index (χ1n) is 7.64. The molecule has 2 aliphatic rings. The van der Waals surface area contributed by atoms with Gasteiger partial charge in [-0.05, 0) is 38.8 Å². The molecule has 2 heterocycles. The van der Waals surface area contributed by atoms with Crippen LogP contribution in [-0.4, -0.2) is 40.7 Å². The molecule has 5 nitrogen and oxygen atoms in total. The van der Waals surface area contributed by atoms with Crippen molar-refractivity contribution in [2.24, 2.45) is 0 Å². The summed E-state index contributed by atoms with van der Waals surface area (Å²) in [5.41, 5.74) is 0. The zero-order valence-electron chi connectivity index (χ0n) is 11.8. The van der Waals surface area contributed by atoms with Gasteiger partial charge in [-0.15, -0.1) is 0 Å². The molecule has 0 radical (unpaired) electrons. The number of rotatable bonds is 6. The summed E-state index contributed by atoms with van der Waals surface area (Å²) in [6.45, 7) is 6.23. The SMILES string of the molecule is CCNCC1CCCCN1Cc1nc(C2CC2)no1. The summed E-state index contributed by atoms with van der Waals surface area (Å²) >= 11 is 0. The molecule has 1 aliphatic heterocycles. The van der Waals surface area contributed by atoms with Crippen molar-refractivity contribution in [3.8, 4) is 0 Å². The minimum atomic E-state index is 0.580. The first kappa shape index (κ1) is 13.1. The number of hydrogen-bond acceptors (Lipinski definition) is 5. The van der Waals surface area contributed by atoms with Crippen molar-refractivity contribution in [1.82, 2.24) is 20.4 Å². The molecule has 0 aromatic carbocycles. The van der Waals surface area contributed by atoms with Crippen LogP contribution in [-0.2, 0) is 6.54 Å². The third kappa shape index (κ3) is 3.34. The maximum Gasteiger partial charge on any atom is 0.240 e. The summed E-state index contributed by atoms with van der Waals surface area (Å²) in [6.07, 6.45) is 6.35. The summed E-state index contributed by atoms with van der Waals surface area (Å²) in [5, 5.41) is 7.56. The van der Waals surface area contributed by atoms with Crippen LogP contribution in [0.3, 0.4) is 0 Å². The average molecular weight is 264 g/mol. The second kappa shape index (κ2) is 6.01. The van der Waals surface area contributed by atoms with Gasteiger partial charge in [0, 0.05) is 18.5 Å².